The number of hydrogen-bond acceptors (Lipinski definition) is 7. The number of terminal acetylenes is 1. The lowest BCUT2D eigenvalue weighted by molar-refractivity contribution is -0.384. The number of nitro groups is 1. The van der Waals surface area contributed by atoms with Gasteiger partial charge in [0.15, 0.2) is 0 Å². The minimum Gasteiger partial charge on any atom is -0.481 e. The standard InChI is InChI=1S/C25H27ClN4O6S/c1-3-13-36-20-10-4-17(5-11-20)15-22(28-23(31)16-26)25(33)29-21(12-14-37-2)24(32)27-18-6-8-19(9-7-18)30(34)35/h1,4-11,21-22H,12-16H2,2H3,(H,27,32)(H,28,31)(H,29,33)/t21-,22-/m0/s1. The molecule has 0 radical (unpaired) electrons. The highest BCUT2D eigenvalue weighted by Crippen LogP contribution is 2.17. The van der Waals surface area contributed by atoms with E-state index in [-0.39, 0.29) is 24.6 Å². The largest absolute Gasteiger partial charge is 0.481 e. The van der Waals surface area contributed by atoms with E-state index in [4.69, 9.17) is 22.8 Å². The van der Waals surface area contributed by atoms with Crippen molar-refractivity contribution in [3.8, 4) is 18.1 Å². The summed E-state index contributed by atoms with van der Waals surface area (Å²) in [6.07, 6.45) is 7.52. The molecule has 12 heteroatoms. The zero-order valence-electron chi connectivity index (χ0n) is 20.1. The summed E-state index contributed by atoms with van der Waals surface area (Å²) in [6, 6.07) is 10.3. The van der Waals surface area contributed by atoms with Crippen molar-refractivity contribution in [3.05, 3.63) is 64.2 Å². The number of anilines is 1. The molecule has 0 spiro atoms. The SMILES string of the molecule is C#CCOc1ccc(C[C@H](NC(=O)CCl)C(=O)N[C@@H](CCSC)C(=O)Nc2ccc([N+](=O)[O-])cc2)cc1. The maximum absolute atomic E-state index is 13.2. The fourth-order valence-corrected chi connectivity index (χ4v) is 3.75. The van der Waals surface area contributed by atoms with Crippen molar-refractivity contribution in [2.24, 2.45) is 0 Å². The molecule has 37 heavy (non-hydrogen) atoms. The predicted octanol–water partition coefficient (Wildman–Crippen LogP) is 2.75. The van der Waals surface area contributed by atoms with E-state index in [0.717, 1.165) is 5.56 Å². The van der Waals surface area contributed by atoms with Crippen LogP contribution in [0.25, 0.3) is 0 Å². The second-order valence-electron chi connectivity index (χ2n) is 7.73. The fourth-order valence-electron chi connectivity index (χ4n) is 3.20. The number of rotatable bonds is 14. The van der Waals surface area contributed by atoms with Gasteiger partial charge in [-0.2, -0.15) is 11.8 Å². The molecule has 2 aromatic rings. The highest BCUT2D eigenvalue weighted by atomic mass is 35.5. The summed E-state index contributed by atoms with van der Waals surface area (Å²) in [7, 11) is 0. The summed E-state index contributed by atoms with van der Waals surface area (Å²) < 4.78 is 5.35. The number of carbonyl (C=O) groups excluding carboxylic acids is 3. The number of benzene rings is 2. The zero-order chi connectivity index (χ0) is 27.2. The van der Waals surface area contributed by atoms with Gasteiger partial charge in [-0.15, -0.1) is 18.0 Å². The van der Waals surface area contributed by atoms with Crippen molar-refractivity contribution in [1.82, 2.24) is 10.6 Å². The molecule has 2 rings (SSSR count). The highest BCUT2D eigenvalue weighted by Gasteiger charge is 2.27. The Kier molecular flexibility index (Phi) is 12.3. The monoisotopic (exact) mass is 546 g/mol. The molecule has 0 unspecified atom stereocenters. The van der Waals surface area contributed by atoms with Crippen LogP contribution in [0.4, 0.5) is 11.4 Å². The van der Waals surface area contributed by atoms with Crippen LogP contribution in [0, 0.1) is 22.5 Å². The van der Waals surface area contributed by atoms with Gasteiger partial charge >= 0.3 is 0 Å². The van der Waals surface area contributed by atoms with E-state index >= 15 is 0 Å². The van der Waals surface area contributed by atoms with Crippen LogP contribution in [0.2, 0.25) is 0 Å². The molecule has 196 valence electrons. The molecule has 0 heterocycles. The molecule has 0 aliphatic heterocycles. The second kappa shape index (κ2) is 15.4. The summed E-state index contributed by atoms with van der Waals surface area (Å²) in [4.78, 5) is 48.4. The van der Waals surface area contributed by atoms with Crippen LogP contribution in [0.5, 0.6) is 5.75 Å². The number of nitrogens with zero attached hydrogens (tertiary/aromatic N) is 1. The maximum Gasteiger partial charge on any atom is 0.269 e. The normalized spacial score (nSPS) is 11.9. The highest BCUT2D eigenvalue weighted by molar-refractivity contribution is 7.98. The minimum atomic E-state index is -0.993. The summed E-state index contributed by atoms with van der Waals surface area (Å²) in [6.45, 7) is 0.121. The van der Waals surface area contributed by atoms with Crippen LogP contribution in [0.3, 0.4) is 0 Å². The van der Waals surface area contributed by atoms with Gasteiger partial charge in [0.05, 0.1) is 4.92 Å². The number of nitrogens with one attached hydrogen (secondary N) is 3. The quantitative estimate of drug-likeness (QED) is 0.143. The minimum absolute atomic E-state index is 0.112. The summed E-state index contributed by atoms with van der Waals surface area (Å²) in [5.74, 6) is 1.60. The van der Waals surface area contributed by atoms with Crippen LogP contribution in [-0.2, 0) is 20.8 Å². The van der Waals surface area contributed by atoms with Crippen molar-refractivity contribution in [1.29, 1.82) is 0 Å². The molecule has 0 bridgehead atoms. The molecule has 3 N–H and O–H groups in total. The van der Waals surface area contributed by atoms with E-state index < -0.39 is 34.7 Å². The first-order valence-corrected chi connectivity index (χ1v) is 13.0. The van der Waals surface area contributed by atoms with Crippen LogP contribution < -0.4 is 20.7 Å². The summed E-state index contributed by atoms with van der Waals surface area (Å²) >= 11 is 7.13. The van der Waals surface area contributed by atoms with Crippen LogP contribution in [0.15, 0.2) is 48.5 Å². The third kappa shape index (κ3) is 10.0. The van der Waals surface area contributed by atoms with Crippen LogP contribution in [-0.4, -0.2) is 59.2 Å². The van der Waals surface area contributed by atoms with Gasteiger partial charge in [-0.1, -0.05) is 18.1 Å². The lowest BCUT2D eigenvalue weighted by Gasteiger charge is -2.23. The zero-order valence-corrected chi connectivity index (χ0v) is 21.6. The molecular formula is C25H27ClN4O6S. The van der Waals surface area contributed by atoms with E-state index in [2.05, 4.69) is 21.9 Å². The van der Waals surface area contributed by atoms with E-state index in [9.17, 15) is 24.5 Å². The first kappa shape index (κ1) is 29.5. The predicted molar refractivity (Wildman–Crippen MR) is 144 cm³/mol. The molecule has 2 aromatic carbocycles. The van der Waals surface area contributed by atoms with Gasteiger partial charge in [-0.05, 0) is 48.3 Å². The van der Waals surface area contributed by atoms with Crippen molar-refractivity contribution in [2.45, 2.75) is 24.9 Å². The third-order valence-corrected chi connectivity index (χ3v) is 5.93. The van der Waals surface area contributed by atoms with E-state index in [1.165, 1.54) is 36.0 Å². The van der Waals surface area contributed by atoms with E-state index in [1.807, 2.05) is 6.26 Å². The number of thioether (sulfide) groups is 1. The Bertz CT molecular complexity index is 1120. The maximum atomic E-state index is 13.2. The van der Waals surface area contributed by atoms with Gasteiger partial charge in [0.1, 0.15) is 30.3 Å². The molecule has 0 aromatic heterocycles. The number of ether oxygens (including phenoxy) is 1. The Hall–Kier alpha value is -3.75. The van der Waals surface area contributed by atoms with E-state index in [1.54, 1.807) is 24.3 Å². The van der Waals surface area contributed by atoms with Crippen molar-refractivity contribution in [2.75, 3.05) is 29.8 Å². The Labute approximate surface area is 224 Å². The second-order valence-corrected chi connectivity index (χ2v) is 8.98. The number of carbonyl (C=O) groups is 3. The molecule has 0 aliphatic carbocycles. The first-order valence-electron chi connectivity index (χ1n) is 11.1. The first-order chi connectivity index (χ1) is 17.8. The van der Waals surface area contributed by atoms with Gasteiger partial charge in [0.25, 0.3) is 5.69 Å². The van der Waals surface area contributed by atoms with Crippen molar-refractivity contribution < 1.29 is 24.0 Å². The van der Waals surface area contributed by atoms with Gasteiger partial charge in [0, 0.05) is 24.2 Å². The van der Waals surface area contributed by atoms with Crippen molar-refractivity contribution >= 4 is 52.5 Å². The molecule has 3 amide bonds. The molecule has 2 atom stereocenters. The number of non-ortho nitro benzene ring substituents is 1. The van der Waals surface area contributed by atoms with Gasteiger partial charge in [-0.3, -0.25) is 24.5 Å². The number of alkyl halides is 1. The lowest BCUT2D eigenvalue weighted by atomic mass is 10.0. The molecule has 0 aliphatic rings. The number of nitro benzene ring substituents is 1. The van der Waals surface area contributed by atoms with Crippen LogP contribution >= 0.6 is 23.4 Å². The van der Waals surface area contributed by atoms with Gasteiger partial charge in [-0.25, -0.2) is 0 Å². The topological polar surface area (TPSA) is 140 Å². The molecule has 0 saturated heterocycles. The third-order valence-electron chi connectivity index (χ3n) is 5.05. The average molecular weight is 547 g/mol. The van der Waals surface area contributed by atoms with Crippen LogP contribution in [0.1, 0.15) is 12.0 Å². The number of amides is 3. The molecule has 0 saturated carbocycles. The summed E-state index contributed by atoms with van der Waals surface area (Å²) in [5, 5.41) is 18.8. The van der Waals surface area contributed by atoms with Gasteiger partial charge in [0.2, 0.25) is 17.7 Å². The average Bonchev–Trinajstić information content (AvgIpc) is 2.90. The Morgan fingerprint density at radius 2 is 1.76 bits per heavy atom. The van der Waals surface area contributed by atoms with Crippen molar-refractivity contribution in [3.63, 3.8) is 0 Å². The lowest BCUT2D eigenvalue weighted by Crippen LogP contribution is -2.53. The number of halogens is 1. The molecule has 0 fully saturated rings. The molecular weight excluding hydrogens is 520 g/mol. The number of hydrogen-bond donors (Lipinski definition) is 3. The van der Waals surface area contributed by atoms with Gasteiger partial charge < -0.3 is 20.7 Å². The Morgan fingerprint density at radius 3 is 2.32 bits per heavy atom. The smallest absolute Gasteiger partial charge is 0.269 e. The van der Waals surface area contributed by atoms with E-state index in [0.29, 0.717) is 23.6 Å². The Balaban J connectivity index is 2.14. The summed E-state index contributed by atoms with van der Waals surface area (Å²) in [5.41, 5.74) is 0.968. The fraction of sp³-hybridized carbons (Fsp3) is 0.320. The Morgan fingerprint density at radius 1 is 1.08 bits per heavy atom. The molecule has 10 nitrogen and oxygen atoms in total.